The average Bonchev–Trinajstić information content (AvgIpc) is 2.37. The highest BCUT2D eigenvalue weighted by Crippen LogP contribution is 2.27. The van der Waals surface area contributed by atoms with Gasteiger partial charge in [0.05, 0.1) is 11.5 Å². The number of nitro groups is 1. The van der Waals surface area contributed by atoms with Crippen LogP contribution in [0.2, 0.25) is 0 Å². The molecule has 1 heterocycles. The molecule has 5 nitrogen and oxygen atoms in total. The van der Waals surface area contributed by atoms with Crippen molar-refractivity contribution in [1.29, 1.82) is 0 Å². The number of benzene rings is 1. The van der Waals surface area contributed by atoms with Gasteiger partial charge in [-0.25, -0.2) is 0 Å². The lowest BCUT2D eigenvalue weighted by molar-refractivity contribution is -0.384. The molecule has 0 aliphatic carbocycles. The first kappa shape index (κ1) is 12.6. The second kappa shape index (κ2) is 5.18. The SMILES string of the molecule is CC1=CCCN(c2ccc([N+](=O)[O-])cc2CO)C1. The third kappa shape index (κ3) is 2.51. The number of rotatable bonds is 3. The fourth-order valence-corrected chi connectivity index (χ4v) is 2.24. The van der Waals surface area contributed by atoms with Gasteiger partial charge in [-0.1, -0.05) is 11.6 Å². The molecule has 0 saturated heterocycles. The van der Waals surface area contributed by atoms with Crippen molar-refractivity contribution in [1.82, 2.24) is 0 Å². The fourth-order valence-electron chi connectivity index (χ4n) is 2.24. The first-order chi connectivity index (χ1) is 8.61. The van der Waals surface area contributed by atoms with Crippen LogP contribution >= 0.6 is 0 Å². The van der Waals surface area contributed by atoms with Gasteiger partial charge in [-0.15, -0.1) is 0 Å². The summed E-state index contributed by atoms with van der Waals surface area (Å²) in [4.78, 5) is 12.4. The van der Waals surface area contributed by atoms with Crippen LogP contribution in [0.4, 0.5) is 11.4 Å². The summed E-state index contributed by atoms with van der Waals surface area (Å²) in [6.07, 6.45) is 3.16. The Bertz CT molecular complexity index is 497. The minimum absolute atomic E-state index is 0.0204. The maximum absolute atomic E-state index is 10.7. The van der Waals surface area contributed by atoms with Crippen LogP contribution in [0, 0.1) is 10.1 Å². The lowest BCUT2D eigenvalue weighted by Crippen LogP contribution is -2.30. The zero-order chi connectivity index (χ0) is 13.1. The maximum Gasteiger partial charge on any atom is 0.269 e. The molecule has 0 radical (unpaired) electrons. The van der Waals surface area contributed by atoms with Crippen molar-refractivity contribution >= 4 is 11.4 Å². The van der Waals surface area contributed by atoms with E-state index in [-0.39, 0.29) is 12.3 Å². The smallest absolute Gasteiger partial charge is 0.269 e. The first-order valence-electron chi connectivity index (χ1n) is 5.90. The van der Waals surface area contributed by atoms with Crippen LogP contribution in [-0.4, -0.2) is 23.1 Å². The first-order valence-corrected chi connectivity index (χ1v) is 5.90. The summed E-state index contributed by atoms with van der Waals surface area (Å²) in [6, 6.07) is 4.66. The molecule has 1 aromatic carbocycles. The van der Waals surface area contributed by atoms with Crippen molar-refractivity contribution in [2.75, 3.05) is 18.0 Å². The average molecular weight is 248 g/mol. The van der Waals surface area contributed by atoms with Gasteiger partial charge in [0, 0.05) is 36.5 Å². The van der Waals surface area contributed by atoms with Crippen LogP contribution in [-0.2, 0) is 6.61 Å². The van der Waals surface area contributed by atoms with Gasteiger partial charge >= 0.3 is 0 Å². The van der Waals surface area contributed by atoms with Gasteiger partial charge < -0.3 is 10.0 Å². The van der Waals surface area contributed by atoms with Crippen LogP contribution in [0.5, 0.6) is 0 Å². The molecule has 1 aromatic rings. The molecule has 0 unspecified atom stereocenters. The third-order valence-electron chi connectivity index (χ3n) is 3.12. The number of aliphatic hydroxyl groups is 1. The largest absolute Gasteiger partial charge is 0.392 e. The summed E-state index contributed by atoms with van der Waals surface area (Å²) in [5.41, 5.74) is 2.80. The highest BCUT2D eigenvalue weighted by Gasteiger charge is 2.17. The third-order valence-corrected chi connectivity index (χ3v) is 3.12. The molecule has 0 bridgehead atoms. The standard InChI is InChI=1S/C13H16N2O3/c1-10-3-2-6-14(8-10)13-5-4-12(15(17)18)7-11(13)9-16/h3-5,7,16H,2,6,8-9H2,1H3. The molecule has 0 fully saturated rings. The van der Waals surface area contributed by atoms with Crippen LogP contribution in [0.15, 0.2) is 29.8 Å². The van der Waals surface area contributed by atoms with Gasteiger partial charge in [0.1, 0.15) is 0 Å². The molecule has 0 amide bonds. The predicted octanol–water partition coefficient (Wildman–Crippen LogP) is 2.24. The number of nitro benzene ring substituents is 1. The van der Waals surface area contributed by atoms with E-state index < -0.39 is 4.92 Å². The minimum Gasteiger partial charge on any atom is -0.392 e. The van der Waals surface area contributed by atoms with Gasteiger partial charge in [-0.2, -0.15) is 0 Å². The summed E-state index contributed by atoms with van der Waals surface area (Å²) in [5.74, 6) is 0. The Morgan fingerprint density at radius 2 is 2.28 bits per heavy atom. The summed E-state index contributed by atoms with van der Waals surface area (Å²) in [7, 11) is 0. The minimum atomic E-state index is -0.440. The van der Waals surface area contributed by atoms with E-state index in [4.69, 9.17) is 0 Å². The van der Waals surface area contributed by atoms with E-state index in [2.05, 4.69) is 17.9 Å². The van der Waals surface area contributed by atoms with E-state index in [1.54, 1.807) is 6.07 Å². The zero-order valence-electron chi connectivity index (χ0n) is 10.3. The molecule has 18 heavy (non-hydrogen) atoms. The zero-order valence-corrected chi connectivity index (χ0v) is 10.3. The summed E-state index contributed by atoms with van der Waals surface area (Å²) in [6.45, 7) is 3.57. The number of non-ortho nitro benzene ring substituents is 1. The topological polar surface area (TPSA) is 66.6 Å². The maximum atomic E-state index is 10.7. The summed E-state index contributed by atoms with van der Waals surface area (Å²) in [5, 5.41) is 20.1. The molecule has 1 aliphatic heterocycles. The number of hydrogen-bond acceptors (Lipinski definition) is 4. The van der Waals surface area contributed by atoms with Crippen LogP contribution in [0.1, 0.15) is 18.9 Å². The monoisotopic (exact) mass is 248 g/mol. The number of nitrogens with zero attached hydrogens (tertiary/aromatic N) is 2. The molecule has 5 heteroatoms. The Hall–Kier alpha value is -1.88. The van der Waals surface area contributed by atoms with Crippen molar-refractivity contribution in [2.45, 2.75) is 20.0 Å². The normalized spacial score (nSPS) is 15.4. The second-order valence-electron chi connectivity index (χ2n) is 4.49. The van der Waals surface area contributed by atoms with Gasteiger partial charge in [0.25, 0.3) is 5.69 Å². The fraction of sp³-hybridized carbons (Fsp3) is 0.385. The van der Waals surface area contributed by atoms with E-state index in [0.29, 0.717) is 5.56 Å². The Labute approximate surface area is 105 Å². The van der Waals surface area contributed by atoms with Gasteiger partial charge in [0.15, 0.2) is 0 Å². The van der Waals surface area contributed by atoms with Crippen LogP contribution < -0.4 is 4.90 Å². The Balaban J connectivity index is 2.33. The van der Waals surface area contributed by atoms with Crippen molar-refractivity contribution < 1.29 is 10.0 Å². The van der Waals surface area contributed by atoms with Crippen LogP contribution in [0.25, 0.3) is 0 Å². The van der Waals surface area contributed by atoms with Crippen LogP contribution in [0.3, 0.4) is 0 Å². The van der Waals surface area contributed by atoms with E-state index in [1.807, 2.05) is 0 Å². The van der Waals surface area contributed by atoms with E-state index in [9.17, 15) is 15.2 Å². The molecule has 0 spiro atoms. The molecule has 0 saturated carbocycles. The Kier molecular flexibility index (Phi) is 3.62. The molecule has 1 aliphatic rings. The Morgan fingerprint density at radius 3 is 2.89 bits per heavy atom. The highest BCUT2D eigenvalue weighted by molar-refractivity contribution is 5.58. The van der Waals surface area contributed by atoms with Crippen molar-refractivity contribution in [2.24, 2.45) is 0 Å². The highest BCUT2D eigenvalue weighted by atomic mass is 16.6. The quantitative estimate of drug-likeness (QED) is 0.506. The van der Waals surface area contributed by atoms with Gasteiger partial charge in [0.2, 0.25) is 0 Å². The predicted molar refractivity (Wildman–Crippen MR) is 69.6 cm³/mol. The number of anilines is 1. The number of hydrogen-bond donors (Lipinski definition) is 1. The van der Waals surface area contributed by atoms with E-state index in [1.165, 1.54) is 17.7 Å². The molecule has 0 atom stereocenters. The molecular formula is C13H16N2O3. The molecule has 96 valence electrons. The second-order valence-corrected chi connectivity index (χ2v) is 4.49. The van der Waals surface area contributed by atoms with Gasteiger partial charge in [-0.3, -0.25) is 10.1 Å². The van der Waals surface area contributed by atoms with E-state index in [0.717, 1.165) is 25.2 Å². The number of aliphatic hydroxyl groups excluding tert-OH is 1. The molecule has 1 N–H and O–H groups in total. The van der Waals surface area contributed by atoms with Crippen molar-refractivity contribution in [3.8, 4) is 0 Å². The summed E-state index contributed by atoms with van der Waals surface area (Å²) < 4.78 is 0. The van der Waals surface area contributed by atoms with Crippen molar-refractivity contribution in [3.63, 3.8) is 0 Å². The lowest BCUT2D eigenvalue weighted by atomic mass is 10.1. The molecular weight excluding hydrogens is 232 g/mol. The summed E-state index contributed by atoms with van der Waals surface area (Å²) >= 11 is 0. The van der Waals surface area contributed by atoms with Crippen molar-refractivity contribution in [3.05, 3.63) is 45.5 Å². The molecule has 2 rings (SSSR count). The Morgan fingerprint density at radius 1 is 1.50 bits per heavy atom. The lowest BCUT2D eigenvalue weighted by Gasteiger charge is -2.29. The van der Waals surface area contributed by atoms with Gasteiger partial charge in [-0.05, 0) is 19.4 Å². The van der Waals surface area contributed by atoms with E-state index >= 15 is 0 Å². The molecule has 0 aromatic heterocycles.